The lowest BCUT2D eigenvalue weighted by Crippen LogP contribution is -2.33. The van der Waals surface area contributed by atoms with Gasteiger partial charge in [0.15, 0.2) is 0 Å². The molecule has 1 aromatic carbocycles. The quantitative estimate of drug-likeness (QED) is 0.852. The van der Waals surface area contributed by atoms with E-state index in [1.54, 1.807) is 32.9 Å². The van der Waals surface area contributed by atoms with E-state index in [9.17, 15) is 8.42 Å². The molecule has 0 radical (unpaired) electrons. The molecule has 0 aliphatic carbocycles. The van der Waals surface area contributed by atoms with Crippen LogP contribution in [0.25, 0.3) is 0 Å². The molecule has 0 spiro atoms. The van der Waals surface area contributed by atoms with Gasteiger partial charge in [-0.15, -0.1) is 0 Å². The topological polar surface area (TPSA) is 64.6 Å². The number of hydrogen-bond donors (Lipinski definition) is 1. The molecule has 0 heterocycles. The molecule has 0 saturated carbocycles. The number of aryl methyl sites for hydroxylation is 1. The molecule has 0 fully saturated rings. The highest BCUT2D eigenvalue weighted by Gasteiger charge is 2.22. The minimum atomic E-state index is -3.76. The zero-order chi connectivity index (χ0) is 14.0. The molecule has 0 bridgehead atoms. The molecule has 1 rings (SSSR count). The molecule has 102 valence electrons. The standard InChI is InChI=1S/C12H19NO4S/c1-9-6-7-10(16-5)11(8-9)18(14,15)13-17-12(2,3)4/h6-8,13H,1-5H3. The van der Waals surface area contributed by atoms with Gasteiger partial charge in [0, 0.05) is 0 Å². The summed E-state index contributed by atoms with van der Waals surface area (Å²) in [5.74, 6) is 0.283. The fourth-order valence-electron chi connectivity index (χ4n) is 1.22. The van der Waals surface area contributed by atoms with E-state index >= 15 is 0 Å². The van der Waals surface area contributed by atoms with Gasteiger partial charge in [-0.1, -0.05) is 11.0 Å². The molecule has 18 heavy (non-hydrogen) atoms. The molecule has 0 unspecified atom stereocenters. The van der Waals surface area contributed by atoms with Crippen molar-refractivity contribution in [1.82, 2.24) is 4.89 Å². The molecule has 0 atom stereocenters. The largest absolute Gasteiger partial charge is 0.495 e. The van der Waals surface area contributed by atoms with Gasteiger partial charge in [0.05, 0.1) is 12.7 Å². The number of hydrogen-bond acceptors (Lipinski definition) is 4. The van der Waals surface area contributed by atoms with Crippen LogP contribution >= 0.6 is 0 Å². The van der Waals surface area contributed by atoms with E-state index in [2.05, 4.69) is 4.89 Å². The molecule has 0 amide bonds. The van der Waals surface area contributed by atoms with Crippen LogP contribution in [0.1, 0.15) is 26.3 Å². The molecule has 1 aromatic rings. The van der Waals surface area contributed by atoms with Crippen molar-refractivity contribution in [2.24, 2.45) is 0 Å². The van der Waals surface area contributed by atoms with Crippen LogP contribution in [0.15, 0.2) is 23.1 Å². The third-order valence-corrected chi connectivity index (χ3v) is 3.27. The van der Waals surface area contributed by atoms with E-state index in [1.807, 2.05) is 6.92 Å². The fraction of sp³-hybridized carbons (Fsp3) is 0.500. The van der Waals surface area contributed by atoms with Gasteiger partial charge in [-0.3, -0.25) is 4.84 Å². The maximum atomic E-state index is 12.1. The highest BCUT2D eigenvalue weighted by molar-refractivity contribution is 7.89. The SMILES string of the molecule is COc1ccc(C)cc1S(=O)(=O)NOC(C)(C)C. The molecule has 0 aliphatic rings. The van der Waals surface area contributed by atoms with Crippen LogP contribution in [-0.4, -0.2) is 21.1 Å². The Morgan fingerprint density at radius 2 is 1.83 bits per heavy atom. The van der Waals surface area contributed by atoms with Gasteiger partial charge < -0.3 is 4.74 Å². The number of nitrogens with one attached hydrogen (secondary N) is 1. The maximum Gasteiger partial charge on any atom is 0.266 e. The predicted octanol–water partition coefficient (Wildman–Crippen LogP) is 2.01. The lowest BCUT2D eigenvalue weighted by molar-refractivity contribution is -0.0358. The first-order chi connectivity index (χ1) is 8.15. The average molecular weight is 273 g/mol. The molecule has 0 aromatic heterocycles. The lowest BCUT2D eigenvalue weighted by atomic mass is 10.2. The van der Waals surface area contributed by atoms with Crippen LogP contribution in [0.5, 0.6) is 5.75 Å². The van der Waals surface area contributed by atoms with Crippen LogP contribution < -0.4 is 9.62 Å². The van der Waals surface area contributed by atoms with Crippen LogP contribution in [0.3, 0.4) is 0 Å². The Labute approximate surface area is 108 Å². The molecule has 0 saturated heterocycles. The number of sulfonamides is 1. The van der Waals surface area contributed by atoms with Crippen LogP contribution in [0.4, 0.5) is 0 Å². The van der Waals surface area contributed by atoms with E-state index in [1.165, 1.54) is 13.2 Å². The molecule has 0 aliphatic heterocycles. The normalized spacial score (nSPS) is 12.5. The number of benzene rings is 1. The molecule has 6 heteroatoms. The van der Waals surface area contributed by atoms with Crippen molar-refractivity contribution in [2.45, 2.75) is 38.2 Å². The van der Waals surface area contributed by atoms with Crippen molar-refractivity contribution < 1.29 is 18.0 Å². The van der Waals surface area contributed by atoms with Crippen LogP contribution in [0, 0.1) is 6.92 Å². The molecule has 1 N–H and O–H groups in total. The second-order valence-corrected chi connectivity index (χ2v) is 6.57. The summed E-state index contributed by atoms with van der Waals surface area (Å²) in [7, 11) is -2.33. The highest BCUT2D eigenvalue weighted by atomic mass is 32.2. The van der Waals surface area contributed by atoms with Gasteiger partial charge in [0.25, 0.3) is 10.0 Å². The van der Waals surface area contributed by atoms with Gasteiger partial charge >= 0.3 is 0 Å². The van der Waals surface area contributed by atoms with Gasteiger partial charge in [0.2, 0.25) is 0 Å². The van der Waals surface area contributed by atoms with E-state index in [0.717, 1.165) is 5.56 Å². The van der Waals surface area contributed by atoms with Crippen LogP contribution in [0.2, 0.25) is 0 Å². The van der Waals surface area contributed by atoms with Gasteiger partial charge in [-0.05, 0) is 45.4 Å². The van der Waals surface area contributed by atoms with Crippen LogP contribution in [-0.2, 0) is 14.9 Å². The third-order valence-electron chi connectivity index (χ3n) is 2.07. The summed E-state index contributed by atoms with van der Waals surface area (Å²) < 4.78 is 29.2. The van der Waals surface area contributed by atoms with Crippen molar-refractivity contribution in [3.05, 3.63) is 23.8 Å². The predicted molar refractivity (Wildman–Crippen MR) is 68.9 cm³/mol. The summed E-state index contributed by atoms with van der Waals surface area (Å²) in [5.41, 5.74) is 0.219. The fourth-order valence-corrected chi connectivity index (χ4v) is 2.43. The number of ether oxygens (including phenoxy) is 1. The zero-order valence-electron chi connectivity index (χ0n) is 11.3. The van der Waals surface area contributed by atoms with E-state index in [4.69, 9.17) is 9.57 Å². The Bertz CT molecular complexity index is 517. The minimum absolute atomic E-state index is 0.0641. The first-order valence-electron chi connectivity index (χ1n) is 5.50. The third kappa shape index (κ3) is 3.97. The summed E-state index contributed by atoms with van der Waals surface area (Å²) in [6.45, 7) is 7.07. The zero-order valence-corrected chi connectivity index (χ0v) is 12.1. The van der Waals surface area contributed by atoms with Crippen molar-refractivity contribution in [3.63, 3.8) is 0 Å². The lowest BCUT2D eigenvalue weighted by Gasteiger charge is -2.19. The number of methoxy groups -OCH3 is 1. The molecule has 5 nitrogen and oxygen atoms in total. The average Bonchev–Trinajstić information content (AvgIpc) is 2.26. The van der Waals surface area contributed by atoms with Gasteiger partial charge in [-0.25, -0.2) is 8.42 Å². The first-order valence-corrected chi connectivity index (χ1v) is 6.98. The van der Waals surface area contributed by atoms with E-state index < -0.39 is 15.6 Å². The second kappa shape index (κ2) is 5.26. The van der Waals surface area contributed by atoms with Gasteiger partial charge in [-0.2, -0.15) is 0 Å². The second-order valence-electron chi connectivity index (χ2n) is 4.96. The smallest absolute Gasteiger partial charge is 0.266 e. The summed E-state index contributed by atoms with van der Waals surface area (Å²) >= 11 is 0. The summed E-state index contributed by atoms with van der Waals surface area (Å²) in [4.78, 5) is 7.27. The monoisotopic (exact) mass is 273 g/mol. The van der Waals surface area contributed by atoms with E-state index in [0.29, 0.717) is 0 Å². The summed E-state index contributed by atoms with van der Waals surface area (Å²) in [6.07, 6.45) is 0. The molecular weight excluding hydrogens is 254 g/mol. The Morgan fingerprint density at radius 3 is 2.33 bits per heavy atom. The summed E-state index contributed by atoms with van der Waals surface area (Å²) in [6, 6.07) is 4.93. The maximum absolute atomic E-state index is 12.1. The van der Waals surface area contributed by atoms with Gasteiger partial charge in [0.1, 0.15) is 10.6 Å². The first kappa shape index (κ1) is 14.9. The Kier molecular flexibility index (Phi) is 4.37. The van der Waals surface area contributed by atoms with Crippen molar-refractivity contribution >= 4 is 10.0 Å². The van der Waals surface area contributed by atoms with Crippen molar-refractivity contribution in [1.29, 1.82) is 0 Å². The Balaban J connectivity index is 3.08. The summed E-state index contributed by atoms with van der Waals surface area (Å²) in [5, 5.41) is 0. The Morgan fingerprint density at radius 1 is 1.22 bits per heavy atom. The van der Waals surface area contributed by atoms with E-state index in [-0.39, 0.29) is 10.6 Å². The Hall–Kier alpha value is -1.11. The molecular formula is C12H19NO4S. The van der Waals surface area contributed by atoms with Crippen molar-refractivity contribution in [3.8, 4) is 5.75 Å². The number of rotatable bonds is 4. The van der Waals surface area contributed by atoms with Crippen molar-refractivity contribution in [2.75, 3.05) is 7.11 Å². The minimum Gasteiger partial charge on any atom is -0.495 e. The highest BCUT2D eigenvalue weighted by Crippen LogP contribution is 2.24.